The third-order valence-electron chi connectivity index (χ3n) is 16.0. The maximum atomic E-state index is 12.1. The molecule has 47 heavy (non-hydrogen) atoms. The van der Waals surface area contributed by atoms with Crippen molar-refractivity contribution < 1.29 is 14.7 Å². The lowest BCUT2D eigenvalue weighted by atomic mass is 9.32. The predicted molar refractivity (Wildman–Crippen MR) is 189 cm³/mol. The van der Waals surface area contributed by atoms with E-state index in [1.165, 1.54) is 62.5 Å². The number of fused-ring (bicyclic) bond motifs is 7. The lowest BCUT2D eigenvalue weighted by molar-refractivity contribution is -0.224. The Morgan fingerprint density at radius 2 is 1.77 bits per heavy atom. The molecule has 9 atom stereocenters. The van der Waals surface area contributed by atoms with Gasteiger partial charge in [-0.25, -0.2) is 9.59 Å². The lowest BCUT2D eigenvalue weighted by Crippen LogP contribution is -2.65. The predicted octanol–water partition coefficient (Wildman–Crippen LogP) is 8.26. The van der Waals surface area contributed by atoms with Gasteiger partial charge in [0.25, 0.3) is 0 Å². The van der Waals surface area contributed by atoms with Crippen LogP contribution in [0.15, 0.2) is 43.0 Å². The number of benzene rings is 1. The number of amides is 2. The number of carboxylic acids is 1. The third-order valence-corrected chi connectivity index (χ3v) is 16.0. The number of carboxylic acid groups (broad SMARTS) is 1. The van der Waals surface area contributed by atoms with Gasteiger partial charge in [0.2, 0.25) is 0 Å². The van der Waals surface area contributed by atoms with E-state index in [4.69, 9.17) is 0 Å². The Morgan fingerprint density at radius 1 is 1.00 bits per heavy atom. The van der Waals surface area contributed by atoms with Crippen LogP contribution in [0.3, 0.4) is 0 Å². The molecule has 6 heteroatoms. The second-order valence-corrected chi connectivity index (χ2v) is 17.8. The molecule has 6 nitrogen and oxygen atoms in total. The first kappa shape index (κ1) is 32.9. The number of carbonyl (C=O) groups excluding carboxylic acids is 1. The molecule has 1 aromatic rings. The summed E-state index contributed by atoms with van der Waals surface area (Å²) in [4.78, 5) is 25.6. The summed E-state index contributed by atoms with van der Waals surface area (Å²) in [6.07, 6.45) is 16.4. The van der Waals surface area contributed by atoms with Crippen molar-refractivity contribution in [2.45, 2.75) is 92.4 Å². The van der Waals surface area contributed by atoms with Gasteiger partial charge in [-0.05, 0) is 138 Å². The van der Waals surface area contributed by atoms with Crippen LogP contribution in [0, 0.1) is 56.7 Å². The van der Waals surface area contributed by atoms with E-state index in [-0.39, 0.29) is 16.9 Å². The van der Waals surface area contributed by atoms with Gasteiger partial charge in [0.1, 0.15) is 0 Å². The summed E-state index contributed by atoms with van der Waals surface area (Å²) in [5.41, 5.74) is 4.18. The van der Waals surface area contributed by atoms with Crippen LogP contribution in [0.25, 0.3) is 5.57 Å². The molecule has 7 rings (SSSR count). The highest BCUT2D eigenvalue weighted by atomic mass is 16.4. The molecule has 0 spiro atoms. The number of hydrogen-bond donors (Lipinski definition) is 3. The van der Waals surface area contributed by atoms with Crippen molar-refractivity contribution in [2.24, 2.45) is 56.7 Å². The SMILES string of the molecule is C=CC1CCC2(CNCCN3CCNC3=O)CCC3(C)C(CCC4C5(C)CC=C(c6ccc(C(=O)O)cc6)C(C)(C)C5CCC43C)C12. The van der Waals surface area contributed by atoms with Crippen molar-refractivity contribution in [2.75, 3.05) is 32.7 Å². The van der Waals surface area contributed by atoms with Crippen LogP contribution in [0.1, 0.15) is 108 Å². The number of hydrogen-bond acceptors (Lipinski definition) is 3. The molecule has 256 valence electrons. The molecule has 5 aliphatic carbocycles. The summed E-state index contributed by atoms with van der Waals surface area (Å²) < 4.78 is 0. The van der Waals surface area contributed by atoms with E-state index in [2.05, 4.69) is 64.0 Å². The van der Waals surface area contributed by atoms with Crippen LogP contribution >= 0.6 is 0 Å². The summed E-state index contributed by atoms with van der Waals surface area (Å²) in [7, 11) is 0. The fraction of sp³-hybridized carbons (Fsp3) is 0.707. The Morgan fingerprint density at radius 3 is 2.45 bits per heavy atom. The molecule has 4 saturated carbocycles. The van der Waals surface area contributed by atoms with Gasteiger partial charge in [0, 0.05) is 32.7 Å². The molecular formula is C41H59N3O3. The van der Waals surface area contributed by atoms with Gasteiger partial charge in [0.05, 0.1) is 5.56 Å². The second-order valence-electron chi connectivity index (χ2n) is 17.8. The number of carbonyl (C=O) groups is 2. The van der Waals surface area contributed by atoms with Gasteiger partial charge in [-0.15, -0.1) is 6.58 Å². The molecular weight excluding hydrogens is 582 g/mol. The van der Waals surface area contributed by atoms with Gasteiger partial charge in [-0.3, -0.25) is 0 Å². The highest BCUT2D eigenvalue weighted by Crippen LogP contribution is 2.77. The first-order valence-electron chi connectivity index (χ1n) is 18.7. The number of aromatic carboxylic acids is 1. The fourth-order valence-electron chi connectivity index (χ4n) is 13.5. The number of rotatable bonds is 8. The molecule has 2 amide bonds. The molecule has 3 N–H and O–H groups in total. The maximum absolute atomic E-state index is 12.1. The van der Waals surface area contributed by atoms with Gasteiger partial charge in [-0.2, -0.15) is 0 Å². The molecule has 0 radical (unpaired) electrons. The maximum Gasteiger partial charge on any atom is 0.335 e. The lowest BCUT2D eigenvalue weighted by Gasteiger charge is -2.72. The molecule has 1 saturated heterocycles. The van der Waals surface area contributed by atoms with Crippen LogP contribution in [-0.4, -0.2) is 54.7 Å². The number of nitrogens with zero attached hydrogens (tertiary/aromatic N) is 1. The van der Waals surface area contributed by atoms with E-state index in [0.717, 1.165) is 45.1 Å². The van der Waals surface area contributed by atoms with Gasteiger partial charge < -0.3 is 20.6 Å². The molecule has 0 bridgehead atoms. The zero-order valence-electron chi connectivity index (χ0n) is 29.7. The zero-order valence-corrected chi connectivity index (χ0v) is 29.7. The summed E-state index contributed by atoms with van der Waals surface area (Å²) >= 11 is 0. The van der Waals surface area contributed by atoms with E-state index >= 15 is 0 Å². The van der Waals surface area contributed by atoms with Crippen molar-refractivity contribution in [3.8, 4) is 0 Å². The molecule has 6 aliphatic rings. The van der Waals surface area contributed by atoms with E-state index in [1.54, 1.807) is 12.1 Å². The Labute approximate surface area is 283 Å². The van der Waals surface area contributed by atoms with Crippen LogP contribution in [0.2, 0.25) is 0 Å². The Bertz CT molecular complexity index is 1450. The fourth-order valence-corrected chi connectivity index (χ4v) is 13.5. The normalized spacial score (nSPS) is 42.0. The molecule has 1 aromatic carbocycles. The van der Waals surface area contributed by atoms with E-state index < -0.39 is 5.97 Å². The molecule has 0 aromatic heterocycles. The van der Waals surface area contributed by atoms with E-state index in [1.807, 2.05) is 17.0 Å². The zero-order chi connectivity index (χ0) is 33.4. The Hall–Kier alpha value is -2.60. The van der Waals surface area contributed by atoms with E-state index in [0.29, 0.717) is 45.5 Å². The van der Waals surface area contributed by atoms with Crippen molar-refractivity contribution in [1.29, 1.82) is 0 Å². The minimum Gasteiger partial charge on any atom is -0.478 e. The van der Waals surface area contributed by atoms with Crippen LogP contribution < -0.4 is 10.6 Å². The summed E-state index contributed by atoms with van der Waals surface area (Å²) in [6, 6.07) is 7.69. The van der Waals surface area contributed by atoms with Gasteiger partial charge >= 0.3 is 12.0 Å². The first-order chi connectivity index (χ1) is 22.3. The topological polar surface area (TPSA) is 81.7 Å². The number of allylic oxidation sites excluding steroid dienone is 3. The number of nitrogens with one attached hydrogen (secondary N) is 2. The molecule has 1 aliphatic heterocycles. The van der Waals surface area contributed by atoms with Crippen LogP contribution in [-0.2, 0) is 0 Å². The summed E-state index contributed by atoms with van der Waals surface area (Å²) in [5.74, 6) is 2.45. The number of urea groups is 1. The first-order valence-corrected chi connectivity index (χ1v) is 18.7. The average molecular weight is 642 g/mol. The molecule has 9 unspecified atom stereocenters. The van der Waals surface area contributed by atoms with Gasteiger partial charge in [0.15, 0.2) is 0 Å². The van der Waals surface area contributed by atoms with Gasteiger partial charge in [-0.1, -0.05) is 58.9 Å². The average Bonchev–Trinajstić information content (AvgIpc) is 3.62. The molecule has 1 heterocycles. The minimum atomic E-state index is -0.863. The monoisotopic (exact) mass is 641 g/mol. The largest absolute Gasteiger partial charge is 0.478 e. The van der Waals surface area contributed by atoms with Crippen LogP contribution in [0.5, 0.6) is 0 Å². The highest BCUT2D eigenvalue weighted by Gasteiger charge is 2.70. The summed E-state index contributed by atoms with van der Waals surface area (Å²) in [5, 5.41) is 16.3. The quantitative estimate of drug-likeness (QED) is 0.197. The smallest absolute Gasteiger partial charge is 0.335 e. The standard InChI is InChI=1S/C41H59N3O3/c1-7-27-14-19-41(26-42-22-24-44-25-23-43-36(44)47)21-20-39(5)31(34(27)41)12-13-33-38(4)17-15-30(28-8-10-29(11-9-28)35(45)46)37(2,3)32(38)16-18-40(33,39)6/h7-11,15,27,31-34,42H,1,12-14,16-26H2,2-6H3,(H,43,47)(H,45,46). The van der Waals surface area contributed by atoms with Crippen molar-refractivity contribution in [1.82, 2.24) is 15.5 Å². The van der Waals surface area contributed by atoms with Crippen molar-refractivity contribution in [3.63, 3.8) is 0 Å². The second kappa shape index (κ2) is 11.5. The third kappa shape index (κ3) is 4.81. The molecule has 5 fully saturated rings. The highest BCUT2D eigenvalue weighted by molar-refractivity contribution is 5.88. The Balaban J connectivity index is 1.14. The van der Waals surface area contributed by atoms with Crippen LogP contribution in [0.4, 0.5) is 4.79 Å². The van der Waals surface area contributed by atoms with Crippen molar-refractivity contribution in [3.05, 3.63) is 54.1 Å². The van der Waals surface area contributed by atoms with Crippen molar-refractivity contribution >= 4 is 17.6 Å². The van der Waals surface area contributed by atoms with E-state index in [9.17, 15) is 14.7 Å². The summed E-state index contributed by atoms with van der Waals surface area (Å²) in [6.45, 7) is 21.7. The minimum absolute atomic E-state index is 0.0271. The Kier molecular flexibility index (Phi) is 8.05.